The SMILES string of the molecule is NC[C@@H]1CN(C[C@@H]2[C@H](NC(=O)/C(=N\OC3(C(=O)O)CC3)c3csc(N)n3)C(=O)N2S(=O)(=O)O)C(=O)O1. The average molecular weight is 548 g/mol. The summed E-state index contributed by atoms with van der Waals surface area (Å²) in [6.07, 6.45) is -1.16. The Morgan fingerprint density at radius 1 is 1.39 bits per heavy atom. The second-order valence-electron chi connectivity index (χ2n) is 8.18. The van der Waals surface area contributed by atoms with Gasteiger partial charge in [-0.2, -0.15) is 8.42 Å². The zero-order valence-corrected chi connectivity index (χ0v) is 19.9. The number of carboxylic acids is 1. The van der Waals surface area contributed by atoms with Gasteiger partial charge in [0.15, 0.2) is 10.8 Å². The lowest BCUT2D eigenvalue weighted by atomic mass is 9.97. The Morgan fingerprint density at radius 3 is 2.58 bits per heavy atom. The first-order chi connectivity index (χ1) is 16.9. The first-order valence-electron chi connectivity index (χ1n) is 10.3. The van der Waals surface area contributed by atoms with Crippen LogP contribution in [0.5, 0.6) is 0 Å². The molecule has 0 bridgehead atoms. The number of nitrogens with one attached hydrogen (secondary N) is 1. The number of cyclic esters (lactones) is 1. The molecule has 0 spiro atoms. The molecule has 196 valence electrons. The molecule has 2 aliphatic heterocycles. The number of oxime groups is 1. The number of aliphatic carboxylic acids is 1. The zero-order valence-electron chi connectivity index (χ0n) is 18.3. The van der Waals surface area contributed by atoms with Crippen LogP contribution in [0.4, 0.5) is 9.93 Å². The summed E-state index contributed by atoms with van der Waals surface area (Å²) in [5.41, 5.74) is 8.89. The molecule has 3 fully saturated rings. The molecule has 1 aromatic heterocycles. The lowest BCUT2D eigenvalue weighted by Crippen LogP contribution is -2.74. The molecule has 3 aliphatic rings. The van der Waals surface area contributed by atoms with Crippen molar-refractivity contribution in [3.63, 3.8) is 0 Å². The highest BCUT2D eigenvalue weighted by Gasteiger charge is 2.56. The highest BCUT2D eigenvalue weighted by atomic mass is 32.2. The molecule has 0 unspecified atom stereocenters. The number of rotatable bonds is 10. The number of hydrogen-bond acceptors (Lipinski definition) is 13. The van der Waals surface area contributed by atoms with Gasteiger partial charge in [-0.15, -0.1) is 11.3 Å². The van der Waals surface area contributed by atoms with Gasteiger partial charge in [0.2, 0.25) is 5.60 Å². The molecule has 3 atom stereocenters. The smallest absolute Gasteiger partial charge is 0.410 e. The van der Waals surface area contributed by atoms with Crippen molar-refractivity contribution in [1.29, 1.82) is 0 Å². The molecular formula is C17H21N7O10S2. The molecule has 19 heteroatoms. The van der Waals surface area contributed by atoms with Crippen LogP contribution in [-0.2, 0) is 34.3 Å². The van der Waals surface area contributed by atoms with E-state index in [0.29, 0.717) is 0 Å². The predicted octanol–water partition coefficient (Wildman–Crippen LogP) is -2.66. The van der Waals surface area contributed by atoms with Crippen LogP contribution in [0.15, 0.2) is 10.5 Å². The van der Waals surface area contributed by atoms with Crippen molar-refractivity contribution in [2.45, 2.75) is 36.6 Å². The second kappa shape index (κ2) is 9.15. The Balaban J connectivity index is 1.56. The van der Waals surface area contributed by atoms with Crippen molar-refractivity contribution >= 4 is 56.4 Å². The van der Waals surface area contributed by atoms with Gasteiger partial charge in [0, 0.05) is 31.3 Å². The first kappa shape index (κ1) is 25.5. The minimum atomic E-state index is -5.03. The molecule has 17 nitrogen and oxygen atoms in total. The van der Waals surface area contributed by atoms with Crippen LogP contribution in [0.2, 0.25) is 0 Å². The van der Waals surface area contributed by atoms with Gasteiger partial charge in [-0.3, -0.25) is 14.1 Å². The Morgan fingerprint density at radius 2 is 2.08 bits per heavy atom. The summed E-state index contributed by atoms with van der Waals surface area (Å²) in [5, 5.41) is 16.6. The molecular weight excluding hydrogens is 526 g/mol. The number of carbonyl (C=O) groups is 4. The third kappa shape index (κ3) is 4.76. The summed E-state index contributed by atoms with van der Waals surface area (Å²) < 4.78 is 38.1. The number of β-lactam (4-membered cyclic amide) rings is 1. The lowest BCUT2D eigenvalue weighted by molar-refractivity contribution is -0.153. The molecule has 1 saturated carbocycles. The molecule has 36 heavy (non-hydrogen) atoms. The van der Waals surface area contributed by atoms with E-state index in [4.69, 9.17) is 21.0 Å². The van der Waals surface area contributed by atoms with Gasteiger partial charge in [-0.1, -0.05) is 5.16 Å². The Labute approximate surface area is 206 Å². The Hall–Kier alpha value is -3.55. The zero-order chi connectivity index (χ0) is 26.4. The summed E-state index contributed by atoms with van der Waals surface area (Å²) in [5.74, 6) is -3.53. The maximum absolute atomic E-state index is 13.1. The van der Waals surface area contributed by atoms with Gasteiger partial charge >= 0.3 is 22.4 Å². The van der Waals surface area contributed by atoms with Gasteiger partial charge in [0.25, 0.3) is 11.8 Å². The third-order valence-corrected chi connectivity index (χ3v) is 7.33. The number of carboxylic acid groups (broad SMARTS) is 1. The van der Waals surface area contributed by atoms with Crippen LogP contribution in [-0.4, -0.2) is 105 Å². The quantitative estimate of drug-likeness (QED) is 0.0868. The number of nitrogens with zero attached hydrogens (tertiary/aromatic N) is 4. The van der Waals surface area contributed by atoms with E-state index >= 15 is 0 Å². The number of aromatic nitrogens is 1. The average Bonchev–Trinajstić information content (AvgIpc) is 3.34. The highest BCUT2D eigenvalue weighted by Crippen LogP contribution is 2.40. The molecule has 2 saturated heterocycles. The van der Waals surface area contributed by atoms with E-state index < -0.39 is 70.2 Å². The van der Waals surface area contributed by atoms with E-state index in [2.05, 4.69) is 15.5 Å². The maximum atomic E-state index is 13.1. The number of ether oxygens (including phenoxy) is 1. The second-order valence-corrected chi connectivity index (χ2v) is 10.4. The number of carbonyl (C=O) groups excluding carboxylic acids is 3. The molecule has 1 aromatic rings. The molecule has 4 rings (SSSR count). The predicted molar refractivity (Wildman–Crippen MR) is 119 cm³/mol. The van der Waals surface area contributed by atoms with E-state index in [1.54, 1.807) is 0 Å². The summed E-state index contributed by atoms with van der Waals surface area (Å²) >= 11 is 0.951. The van der Waals surface area contributed by atoms with E-state index in [1.165, 1.54) is 5.38 Å². The van der Waals surface area contributed by atoms with Crippen LogP contribution in [0.3, 0.4) is 0 Å². The minimum Gasteiger partial charge on any atom is -0.478 e. The first-order valence-corrected chi connectivity index (χ1v) is 12.6. The van der Waals surface area contributed by atoms with Crippen LogP contribution in [0.1, 0.15) is 18.5 Å². The number of nitrogens with two attached hydrogens (primary N) is 2. The van der Waals surface area contributed by atoms with Gasteiger partial charge in [-0.05, 0) is 0 Å². The molecule has 3 amide bonds. The van der Waals surface area contributed by atoms with Crippen molar-refractivity contribution < 1.29 is 46.8 Å². The molecule has 0 aromatic carbocycles. The van der Waals surface area contributed by atoms with Crippen LogP contribution >= 0.6 is 11.3 Å². The van der Waals surface area contributed by atoms with Crippen LogP contribution in [0, 0.1) is 0 Å². The third-order valence-electron chi connectivity index (χ3n) is 5.71. The Kier molecular flexibility index (Phi) is 6.49. The van der Waals surface area contributed by atoms with E-state index in [0.717, 1.165) is 16.2 Å². The van der Waals surface area contributed by atoms with Crippen molar-refractivity contribution in [3.05, 3.63) is 11.1 Å². The topological polar surface area (TPSA) is 257 Å². The van der Waals surface area contributed by atoms with Crippen LogP contribution in [0.25, 0.3) is 0 Å². The monoisotopic (exact) mass is 547 g/mol. The summed E-state index contributed by atoms with van der Waals surface area (Å²) in [6, 6.07) is -2.91. The summed E-state index contributed by atoms with van der Waals surface area (Å²) in [7, 11) is -5.03. The van der Waals surface area contributed by atoms with Gasteiger partial charge < -0.3 is 36.4 Å². The maximum Gasteiger partial charge on any atom is 0.410 e. The molecule has 1 aliphatic carbocycles. The summed E-state index contributed by atoms with van der Waals surface area (Å²) in [6.45, 7) is -0.418. The number of thiazole rings is 1. The lowest BCUT2D eigenvalue weighted by Gasteiger charge is -2.45. The van der Waals surface area contributed by atoms with E-state index in [9.17, 15) is 37.3 Å². The number of nitrogen functional groups attached to an aromatic ring is 1. The molecule has 7 N–H and O–H groups in total. The van der Waals surface area contributed by atoms with Crippen molar-refractivity contribution in [1.82, 2.24) is 19.5 Å². The fraction of sp³-hybridized carbons (Fsp3) is 0.529. The minimum absolute atomic E-state index is 0.00243. The van der Waals surface area contributed by atoms with Crippen molar-refractivity contribution in [2.75, 3.05) is 25.4 Å². The largest absolute Gasteiger partial charge is 0.478 e. The molecule has 3 heterocycles. The fourth-order valence-corrected chi connectivity index (χ4v) is 5.03. The standard InChI is InChI=1S/C17H21N7O10S2/c18-3-7-4-23(16(29)33-7)5-9-11(13(26)24(9)36(30,31)32)21-12(25)10(8-6-35-15(19)20-8)22-34-17(1-2-17)14(27)28/h6-7,9,11H,1-5,18H2,(H2,19,20)(H,21,25)(H,27,28)(H,30,31,32)/b22-10-/t7-,9-,11+/m1/s1. The summed E-state index contributed by atoms with van der Waals surface area (Å²) in [4.78, 5) is 59.1. The molecule has 0 radical (unpaired) electrons. The van der Waals surface area contributed by atoms with Crippen molar-refractivity contribution in [2.24, 2.45) is 10.9 Å². The van der Waals surface area contributed by atoms with Gasteiger partial charge in [0.1, 0.15) is 17.8 Å². The normalized spacial score (nSPS) is 25.3. The van der Waals surface area contributed by atoms with Gasteiger partial charge in [-0.25, -0.2) is 18.9 Å². The van der Waals surface area contributed by atoms with Gasteiger partial charge in [0.05, 0.1) is 12.6 Å². The number of amides is 3. The Bertz CT molecular complexity index is 1240. The number of hydrogen-bond donors (Lipinski definition) is 5. The van der Waals surface area contributed by atoms with Crippen molar-refractivity contribution in [3.8, 4) is 0 Å². The highest BCUT2D eigenvalue weighted by molar-refractivity contribution is 7.84. The fourth-order valence-electron chi connectivity index (χ4n) is 3.61. The number of anilines is 1. The van der Waals surface area contributed by atoms with E-state index in [-0.39, 0.29) is 41.1 Å². The van der Waals surface area contributed by atoms with Crippen LogP contribution < -0.4 is 16.8 Å². The van der Waals surface area contributed by atoms with E-state index in [1.807, 2.05) is 0 Å².